The first-order valence-corrected chi connectivity index (χ1v) is 12.8. The Balaban J connectivity index is 1.44. The van der Waals surface area contributed by atoms with Gasteiger partial charge in [-0.1, -0.05) is 12.1 Å². The Hall–Kier alpha value is -3.95. The summed E-state index contributed by atoms with van der Waals surface area (Å²) in [5.41, 5.74) is 4.57. The number of fused-ring (bicyclic) bond motifs is 1. The number of anilines is 2. The first kappa shape index (κ1) is 24.7. The molecule has 0 aliphatic carbocycles. The van der Waals surface area contributed by atoms with Gasteiger partial charge in [0.25, 0.3) is 5.91 Å². The van der Waals surface area contributed by atoms with Crippen LogP contribution in [0.2, 0.25) is 0 Å². The third-order valence-electron chi connectivity index (χ3n) is 7.08. The summed E-state index contributed by atoms with van der Waals surface area (Å²) in [5.74, 6) is 1.31. The smallest absolute Gasteiger partial charge is 0.273 e. The molecule has 10 heteroatoms. The number of carbonyl (C=O) groups is 2. The second-order valence-corrected chi connectivity index (χ2v) is 10.2. The summed E-state index contributed by atoms with van der Waals surface area (Å²) in [5, 5.41) is 4.56. The largest absolute Gasteiger partial charge is 0.355 e. The summed E-state index contributed by atoms with van der Waals surface area (Å²) in [7, 11) is 1.99. The van der Waals surface area contributed by atoms with Crippen molar-refractivity contribution in [2.24, 2.45) is 0 Å². The van der Waals surface area contributed by atoms with Crippen molar-refractivity contribution >= 4 is 23.6 Å². The average molecular weight is 503 g/mol. The van der Waals surface area contributed by atoms with E-state index in [4.69, 9.17) is 9.97 Å². The van der Waals surface area contributed by atoms with E-state index in [2.05, 4.69) is 34.0 Å². The molecule has 0 saturated carbocycles. The number of carbonyl (C=O) groups excluding carboxylic acids is 2. The molecule has 0 spiro atoms. The maximum atomic E-state index is 13.3. The van der Waals surface area contributed by atoms with E-state index < -0.39 is 0 Å². The zero-order valence-corrected chi connectivity index (χ0v) is 22.2. The zero-order valence-electron chi connectivity index (χ0n) is 22.2. The monoisotopic (exact) mass is 502 g/mol. The summed E-state index contributed by atoms with van der Waals surface area (Å²) in [6.07, 6.45) is 3.90. The number of amides is 2. The van der Waals surface area contributed by atoms with E-state index in [1.165, 1.54) is 5.56 Å². The van der Waals surface area contributed by atoms with Gasteiger partial charge >= 0.3 is 0 Å². The highest BCUT2D eigenvalue weighted by molar-refractivity contribution is 5.98. The highest BCUT2D eigenvalue weighted by Gasteiger charge is 2.36. The molecule has 1 fully saturated rings. The second-order valence-electron chi connectivity index (χ2n) is 10.2. The molecule has 3 aromatic rings. The molecular weight excluding hydrogens is 468 g/mol. The minimum absolute atomic E-state index is 0.0575. The topological polar surface area (TPSA) is 90.7 Å². The Kier molecular flexibility index (Phi) is 6.57. The van der Waals surface area contributed by atoms with Crippen LogP contribution in [0.1, 0.15) is 48.0 Å². The summed E-state index contributed by atoms with van der Waals surface area (Å²) < 4.78 is 1.88. The Morgan fingerprint density at radius 3 is 2.57 bits per heavy atom. The SMILES string of the molecule is CC(=O)N1CCN(c2nc3c(c(N(C)Cc4cnn(-c5cccc(C)c5)c4)n2)CN(C(C)C)C3=O)CC1. The van der Waals surface area contributed by atoms with Crippen LogP contribution in [-0.4, -0.2) is 80.6 Å². The van der Waals surface area contributed by atoms with E-state index in [0.29, 0.717) is 50.9 Å². The van der Waals surface area contributed by atoms with E-state index in [1.807, 2.05) is 59.9 Å². The number of benzene rings is 1. The molecule has 1 saturated heterocycles. The zero-order chi connectivity index (χ0) is 26.3. The fraction of sp³-hybridized carbons (Fsp3) is 0.444. The average Bonchev–Trinajstić information content (AvgIpc) is 3.48. The van der Waals surface area contributed by atoms with Crippen LogP contribution in [-0.2, 0) is 17.9 Å². The quantitative estimate of drug-likeness (QED) is 0.512. The number of hydrogen-bond donors (Lipinski definition) is 0. The van der Waals surface area contributed by atoms with Crippen molar-refractivity contribution in [1.29, 1.82) is 0 Å². The van der Waals surface area contributed by atoms with Crippen LogP contribution in [0.15, 0.2) is 36.7 Å². The van der Waals surface area contributed by atoms with Crippen molar-refractivity contribution in [3.8, 4) is 5.69 Å². The van der Waals surface area contributed by atoms with Gasteiger partial charge in [0.05, 0.1) is 18.4 Å². The Morgan fingerprint density at radius 2 is 1.89 bits per heavy atom. The van der Waals surface area contributed by atoms with Crippen LogP contribution < -0.4 is 9.80 Å². The lowest BCUT2D eigenvalue weighted by Gasteiger charge is -2.34. The van der Waals surface area contributed by atoms with Gasteiger partial charge in [0.2, 0.25) is 11.9 Å². The molecule has 2 amide bonds. The molecule has 1 aromatic carbocycles. The standard InChI is InChI=1S/C27H34N8O2/c1-18(2)34-17-23-24(26(34)37)29-27(33-11-9-32(10-12-33)20(4)36)30-25(23)31(5)15-21-14-28-35(16-21)22-8-6-7-19(3)13-22/h6-8,13-14,16,18H,9-12,15,17H2,1-5H3. The molecule has 2 aromatic heterocycles. The van der Waals surface area contributed by atoms with Gasteiger partial charge < -0.3 is 19.6 Å². The van der Waals surface area contributed by atoms with Crippen molar-refractivity contribution in [2.45, 2.75) is 46.8 Å². The van der Waals surface area contributed by atoms with Crippen LogP contribution in [0.3, 0.4) is 0 Å². The minimum Gasteiger partial charge on any atom is -0.355 e. The fourth-order valence-electron chi connectivity index (χ4n) is 4.96. The van der Waals surface area contributed by atoms with Crippen molar-refractivity contribution in [1.82, 2.24) is 29.5 Å². The summed E-state index contributed by atoms with van der Waals surface area (Å²) in [6, 6.07) is 8.29. The van der Waals surface area contributed by atoms with Gasteiger partial charge in [-0.15, -0.1) is 0 Å². The fourth-order valence-corrected chi connectivity index (χ4v) is 4.96. The van der Waals surface area contributed by atoms with Gasteiger partial charge in [0.15, 0.2) is 0 Å². The van der Waals surface area contributed by atoms with Crippen molar-refractivity contribution in [3.05, 3.63) is 59.0 Å². The number of aromatic nitrogens is 4. The molecule has 0 N–H and O–H groups in total. The second kappa shape index (κ2) is 9.84. The van der Waals surface area contributed by atoms with Crippen molar-refractivity contribution < 1.29 is 9.59 Å². The highest BCUT2D eigenvalue weighted by atomic mass is 16.2. The van der Waals surface area contributed by atoms with Gasteiger partial charge in [0.1, 0.15) is 11.5 Å². The first-order chi connectivity index (χ1) is 17.7. The molecule has 4 heterocycles. The predicted octanol–water partition coefficient (Wildman–Crippen LogP) is 2.64. The lowest BCUT2D eigenvalue weighted by Crippen LogP contribution is -2.48. The van der Waals surface area contributed by atoms with Crippen LogP contribution in [0.25, 0.3) is 5.69 Å². The van der Waals surface area contributed by atoms with Gasteiger partial charge in [0, 0.05) is 70.1 Å². The minimum atomic E-state index is -0.0575. The normalized spacial score (nSPS) is 15.5. The van der Waals surface area contributed by atoms with Crippen LogP contribution in [0.4, 0.5) is 11.8 Å². The van der Waals surface area contributed by atoms with Gasteiger partial charge in [-0.25, -0.2) is 9.67 Å². The third kappa shape index (κ3) is 4.87. The van der Waals surface area contributed by atoms with E-state index in [1.54, 1.807) is 6.92 Å². The van der Waals surface area contributed by atoms with E-state index in [0.717, 1.165) is 22.6 Å². The maximum Gasteiger partial charge on any atom is 0.273 e. The molecule has 5 rings (SSSR count). The Labute approximate surface area is 217 Å². The van der Waals surface area contributed by atoms with Gasteiger partial charge in [-0.2, -0.15) is 10.1 Å². The van der Waals surface area contributed by atoms with E-state index in [-0.39, 0.29) is 17.9 Å². The van der Waals surface area contributed by atoms with E-state index >= 15 is 0 Å². The van der Waals surface area contributed by atoms with Crippen LogP contribution in [0, 0.1) is 6.92 Å². The maximum absolute atomic E-state index is 13.3. The summed E-state index contributed by atoms with van der Waals surface area (Å²) in [6.45, 7) is 11.3. The van der Waals surface area contributed by atoms with Crippen molar-refractivity contribution in [3.63, 3.8) is 0 Å². The summed E-state index contributed by atoms with van der Waals surface area (Å²) >= 11 is 0. The molecule has 194 valence electrons. The van der Waals surface area contributed by atoms with Crippen molar-refractivity contribution in [2.75, 3.05) is 43.0 Å². The number of piperazine rings is 1. The molecule has 10 nitrogen and oxygen atoms in total. The molecule has 2 aliphatic rings. The van der Waals surface area contributed by atoms with E-state index in [9.17, 15) is 9.59 Å². The van der Waals surface area contributed by atoms with Crippen LogP contribution in [0.5, 0.6) is 0 Å². The highest BCUT2D eigenvalue weighted by Crippen LogP contribution is 2.33. The molecule has 2 aliphatic heterocycles. The van der Waals surface area contributed by atoms with Gasteiger partial charge in [-0.05, 0) is 38.5 Å². The third-order valence-corrected chi connectivity index (χ3v) is 7.08. The number of rotatable bonds is 6. The predicted molar refractivity (Wildman–Crippen MR) is 142 cm³/mol. The molecule has 0 unspecified atom stereocenters. The summed E-state index contributed by atoms with van der Waals surface area (Å²) in [4.78, 5) is 42.6. The number of aryl methyl sites for hydroxylation is 1. The lowest BCUT2D eigenvalue weighted by molar-refractivity contribution is -0.129. The molecule has 0 atom stereocenters. The number of hydrogen-bond acceptors (Lipinski definition) is 7. The Bertz CT molecular complexity index is 1330. The molecule has 37 heavy (non-hydrogen) atoms. The van der Waals surface area contributed by atoms with Crippen LogP contribution >= 0.6 is 0 Å². The van der Waals surface area contributed by atoms with Gasteiger partial charge in [-0.3, -0.25) is 9.59 Å². The number of nitrogens with zero attached hydrogens (tertiary/aromatic N) is 8. The molecule has 0 bridgehead atoms. The molecular formula is C27H34N8O2. The lowest BCUT2D eigenvalue weighted by atomic mass is 10.2. The first-order valence-electron chi connectivity index (χ1n) is 12.8. The molecule has 0 radical (unpaired) electrons. The Morgan fingerprint density at radius 1 is 1.14 bits per heavy atom.